The van der Waals surface area contributed by atoms with E-state index in [4.69, 9.17) is 9.47 Å². The number of sulfone groups is 1. The molecule has 0 aliphatic carbocycles. The second kappa shape index (κ2) is 6.45. The van der Waals surface area contributed by atoms with Crippen molar-refractivity contribution in [1.82, 2.24) is 5.32 Å². The van der Waals surface area contributed by atoms with Crippen LogP contribution in [-0.4, -0.2) is 33.3 Å². The lowest BCUT2D eigenvalue weighted by molar-refractivity contribution is 0.174. The molecule has 1 unspecified atom stereocenters. The molecule has 112 valence electrons. The molecule has 0 saturated heterocycles. The summed E-state index contributed by atoms with van der Waals surface area (Å²) >= 11 is 0. The molecule has 0 aromatic heterocycles. The van der Waals surface area contributed by atoms with Crippen LogP contribution in [0.15, 0.2) is 18.2 Å². The van der Waals surface area contributed by atoms with E-state index in [9.17, 15) is 8.42 Å². The molecule has 2 rings (SSSR count). The second-order valence-electron chi connectivity index (χ2n) is 4.82. The van der Waals surface area contributed by atoms with Gasteiger partial charge in [-0.2, -0.15) is 0 Å². The van der Waals surface area contributed by atoms with Crippen molar-refractivity contribution < 1.29 is 17.9 Å². The fourth-order valence-corrected chi connectivity index (χ4v) is 3.15. The van der Waals surface area contributed by atoms with E-state index < -0.39 is 9.84 Å². The Bertz CT molecular complexity index is 556. The summed E-state index contributed by atoms with van der Waals surface area (Å²) in [5.41, 5.74) is 0.916. The summed E-state index contributed by atoms with van der Waals surface area (Å²) in [5.74, 6) is 1.64. The fourth-order valence-electron chi connectivity index (χ4n) is 2.09. The highest BCUT2D eigenvalue weighted by Crippen LogP contribution is 2.34. The van der Waals surface area contributed by atoms with Crippen LogP contribution in [-0.2, 0) is 9.84 Å². The summed E-state index contributed by atoms with van der Waals surface area (Å²) in [5, 5.41) is 3.29. The van der Waals surface area contributed by atoms with Gasteiger partial charge < -0.3 is 14.8 Å². The summed E-state index contributed by atoms with van der Waals surface area (Å²) in [7, 11) is -3.05. The summed E-state index contributed by atoms with van der Waals surface area (Å²) in [6, 6.07) is 5.37. The zero-order valence-electron chi connectivity index (χ0n) is 11.9. The van der Waals surface area contributed by atoms with Gasteiger partial charge >= 0.3 is 0 Å². The molecule has 0 bridgehead atoms. The Hall–Kier alpha value is -1.27. The third-order valence-corrected chi connectivity index (χ3v) is 5.02. The van der Waals surface area contributed by atoms with Crippen LogP contribution >= 0.6 is 0 Å². The minimum absolute atomic E-state index is 0.100. The van der Waals surface area contributed by atoms with Gasteiger partial charge in [0.2, 0.25) is 6.79 Å². The topological polar surface area (TPSA) is 64.6 Å². The molecule has 1 heterocycles. The zero-order valence-corrected chi connectivity index (χ0v) is 12.7. The lowest BCUT2D eigenvalue weighted by Crippen LogP contribution is -2.29. The minimum atomic E-state index is -3.05. The number of nitrogens with one attached hydrogen (secondary N) is 1. The molecule has 0 spiro atoms. The van der Waals surface area contributed by atoms with E-state index in [1.807, 2.05) is 18.2 Å². The first kappa shape index (κ1) is 15.1. The number of benzene rings is 1. The highest BCUT2D eigenvalue weighted by molar-refractivity contribution is 7.91. The molecular formula is C14H21NO4S. The lowest BCUT2D eigenvalue weighted by Gasteiger charge is -2.19. The Balaban J connectivity index is 2.21. The van der Waals surface area contributed by atoms with Gasteiger partial charge in [0.25, 0.3) is 0 Å². The molecule has 1 aliphatic heterocycles. The van der Waals surface area contributed by atoms with E-state index >= 15 is 0 Å². The van der Waals surface area contributed by atoms with E-state index in [-0.39, 0.29) is 24.3 Å². The summed E-state index contributed by atoms with van der Waals surface area (Å²) in [6.45, 7) is 4.72. The van der Waals surface area contributed by atoms with Gasteiger partial charge in [-0.25, -0.2) is 8.42 Å². The molecule has 0 fully saturated rings. The van der Waals surface area contributed by atoms with Crippen molar-refractivity contribution in [1.29, 1.82) is 0 Å². The Morgan fingerprint density at radius 2 is 2.00 bits per heavy atom. The molecular weight excluding hydrogens is 278 g/mol. The van der Waals surface area contributed by atoms with Crippen molar-refractivity contribution in [2.75, 3.05) is 24.8 Å². The van der Waals surface area contributed by atoms with Gasteiger partial charge in [-0.1, -0.05) is 19.9 Å². The Labute approximate surface area is 120 Å². The molecule has 1 aromatic carbocycles. The third-order valence-electron chi connectivity index (χ3n) is 3.30. The molecule has 6 heteroatoms. The Morgan fingerprint density at radius 1 is 1.25 bits per heavy atom. The predicted molar refractivity (Wildman–Crippen MR) is 77.9 cm³/mol. The summed E-state index contributed by atoms with van der Waals surface area (Å²) < 4.78 is 34.4. The Kier molecular flexibility index (Phi) is 4.88. The van der Waals surface area contributed by atoms with E-state index in [1.54, 1.807) is 6.92 Å². The van der Waals surface area contributed by atoms with Crippen molar-refractivity contribution in [3.8, 4) is 11.5 Å². The molecule has 1 aliphatic rings. The monoisotopic (exact) mass is 299 g/mol. The van der Waals surface area contributed by atoms with Gasteiger partial charge in [-0.05, 0) is 30.7 Å². The summed E-state index contributed by atoms with van der Waals surface area (Å²) in [6.07, 6.45) is 0.952. The smallest absolute Gasteiger partial charge is 0.231 e. The van der Waals surface area contributed by atoms with Crippen molar-refractivity contribution in [3.63, 3.8) is 0 Å². The maximum atomic E-state index is 11.9. The van der Waals surface area contributed by atoms with Gasteiger partial charge in [0, 0.05) is 11.8 Å². The molecule has 0 radical (unpaired) electrons. The van der Waals surface area contributed by atoms with Gasteiger partial charge in [-0.15, -0.1) is 0 Å². The lowest BCUT2D eigenvalue weighted by atomic mass is 10.1. The molecule has 0 amide bonds. The average Bonchev–Trinajstić information content (AvgIpc) is 2.90. The first-order valence-corrected chi connectivity index (χ1v) is 8.71. The first-order chi connectivity index (χ1) is 9.55. The van der Waals surface area contributed by atoms with Gasteiger partial charge in [0.15, 0.2) is 21.3 Å². The van der Waals surface area contributed by atoms with Crippen LogP contribution in [0.25, 0.3) is 0 Å². The molecule has 1 aromatic rings. The van der Waals surface area contributed by atoms with E-state index in [0.717, 1.165) is 18.5 Å². The number of hydrogen-bond donors (Lipinski definition) is 1. The number of ether oxygens (including phenoxy) is 2. The molecule has 1 N–H and O–H groups in total. The van der Waals surface area contributed by atoms with Crippen molar-refractivity contribution in [3.05, 3.63) is 23.8 Å². The number of hydrogen-bond acceptors (Lipinski definition) is 5. The van der Waals surface area contributed by atoms with Crippen LogP contribution in [0.4, 0.5) is 0 Å². The quantitative estimate of drug-likeness (QED) is 0.833. The van der Waals surface area contributed by atoms with Crippen LogP contribution in [0.2, 0.25) is 0 Å². The summed E-state index contributed by atoms with van der Waals surface area (Å²) in [4.78, 5) is 0. The highest BCUT2D eigenvalue weighted by atomic mass is 32.2. The van der Waals surface area contributed by atoms with Crippen LogP contribution in [0.5, 0.6) is 11.5 Å². The van der Waals surface area contributed by atoms with Crippen LogP contribution in [0.3, 0.4) is 0 Å². The average molecular weight is 299 g/mol. The predicted octanol–water partition coefficient (Wildman–Crippen LogP) is 1.89. The normalized spacial score (nSPS) is 15.3. The minimum Gasteiger partial charge on any atom is -0.454 e. The van der Waals surface area contributed by atoms with Crippen LogP contribution in [0.1, 0.15) is 31.9 Å². The maximum absolute atomic E-state index is 11.9. The van der Waals surface area contributed by atoms with Gasteiger partial charge in [-0.3, -0.25) is 0 Å². The highest BCUT2D eigenvalue weighted by Gasteiger charge is 2.22. The van der Waals surface area contributed by atoms with E-state index in [1.165, 1.54) is 0 Å². The first-order valence-electron chi connectivity index (χ1n) is 6.89. The third kappa shape index (κ3) is 3.64. The van der Waals surface area contributed by atoms with Crippen molar-refractivity contribution in [2.45, 2.75) is 26.3 Å². The van der Waals surface area contributed by atoms with Gasteiger partial charge in [0.05, 0.1) is 5.75 Å². The second-order valence-corrected chi connectivity index (χ2v) is 7.22. The van der Waals surface area contributed by atoms with E-state index in [0.29, 0.717) is 11.5 Å². The fraction of sp³-hybridized carbons (Fsp3) is 0.571. The Morgan fingerprint density at radius 3 is 2.70 bits per heavy atom. The van der Waals surface area contributed by atoms with Crippen molar-refractivity contribution >= 4 is 9.84 Å². The standard InChI is InChI=1S/C14H21NO4S/c1-3-7-15-12(9-20(16,17)4-2)11-5-6-13-14(8-11)19-10-18-13/h5-6,8,12,15H,3-4,7,9-10H2,1-2H3. The van der Waals surface area contributed by atoms with E-state index in [2.05, 4.69) is 12.2 Å². The largest absolute Gasteiger partial charge is 0.454 e. The van der Waals surface area contributed by atoms with Crippen molar-refractivity contribution in [2.24, 2.45) is 0 Å². The zero-order chi connectivity index (χ0) is 14.6. The number of fused-ring (bicyclic) bond motifs is 1. The van der Waals surface area contributed by atoms with Gasteiger partial charge in [0.1, 0.15) is 0 Å². The van der Waals surface area contributed by atoms with Crippen LogP contribution in [0, 0.1) is 0 Å². The molecule has 20 heavy (non-hydrogen) atoms. The molecule has 5 nitrogen and oxygen atoms in total. The maximum Gasteiger partial charge on any atom is 0.231 e. The molecule has 0 saturated carbocycles. The number of rotatable bonds is 7. The SMILES string of the molecule is CCCNC(CS(=O)(=O)CC)c1ccc2c(c1)OCO2. The van der Waals surface area contributed by atoms with Crippen LogP contribution < -0.4 is 14.8 Å². The molecule has 1 atom stereocenters.